The molecule has 1 aromatic heterocycles. The lowest BCUT2D eigenvalue weighted by Crippen LogP contribution is -2.04. The summed E-state index contributed by atoms with van der Waals surface area (Å²) >= 11 is 1.47. The number of nitrogens with zero attached hydrogens (tertiary/aromatic N) is 3. The first kappa shape index (κ1) is 19.6. The minimum atomic E-state index is -0.480. The van der Waals surface area contributed by atoms with Gasteiger partial charge in [0, 0.05) is 11.6 Å². The lowest BCUT2D eigenvalue weighted by molar-refractivity contribution is -0.386. The van der Waals surface area contributed by atoms with Gasteiger partial charge in [-0.25, -0.2) is 4.98 Å². The van der Waals surface area contributed by atoms with Crippen LogP contribution in [0.25, 0.3) is 10.2 Å². The molecular formula is C19H20N4O4S. The van der Waals surface area contributed by atoms with Crippen LogP contribution < -0.4 is 14.9 Å². The van der Waals surface area contributed by atoms with Crippen molar-refractivity contribution in [1.29, 1.82) is 0 Å². The van der Waals surface area contributed by atoms with Crippen molar-refractivity contribution < 1.29 is 14.4 Å². The Morgan fingerprint density at radius 1 is 1.29 bits per heavy atom. The number of nitro groups is 1. The molecule has 0 unspecified atom stereocenters. The normalized spacial score (nSPS) is 11.1. The molecule has 0 atom stereocenters. The van der Waals surface area contributed by atoms with Crippen LogP contribution in [0.1, 0.15) is 25.8 Å². The predicted molar refractivity (Wildman–Crippen MR) is 111 cm³/mol. The monoisotopic (exact) mass is 400 g/mol. The smallest absolute Gasteiger partial charge is 0.315 e. The highest BCUT2D eigenvalue weighted by Gasteiger charge is 2.22. The number of ether oxygens (including phenoxy) is 2. The molecule has 0 aliphatic carbocycles. The zero-order valence-corrected chi connectivity index (χ0v) is 16.4. The van der Waals surface area contributed by atoms with Crippen molar-refractivity contribution in [2.24, 2.45) is 5.10 Å². The van der Waals surface area contributed by atoms with E-state index in [9.17, 15) is 10.1 Å². The van der Waals surface area contributed by atoms with Gasteiger partial charge in [0.1, 0.15) is 0 Å². The fraction of sp³-hybridized carbons (Fsp3) is 0.263. The number of benzene rings is 2. The maximum Gasteiger partial charge on any atom is 0.315 e. The quantitative estimate of drug-likeness (QED) is 0.313. The summed E-state index contributed by atoms with van der Waals surface area (Å²) in [5.74, 6) is 0.469. The second kappa shape index (κ2) is 9.14. The Labute approximate surface area is 166 Å². The highest BCUT2D eigenvalue weighted by atomic mass is 32.1. The Bertz CT molecular complexity index is 970. The van der Waals surface area contributed by atoms with Crippen LogP contribution in [-0.4, -0.2) is 29.3 Å². The molecule has 0 aliphatic heterocycles. The van der Waals surface area contributed by atoms with E-state index >= 15 is 0 Å². The van der Waals surface area contributed by atoms with E-state index in [-0.39, 0.29) is 11.4 Å². The van der Waals surface area contributed by atoms with Crippen LogP contribution in [0.5, 0.6) is 11.5 Å². The molecule has 1 heterocycles. The van der Waals surface area contributed by atoms with Crippen LogP contribution in [0.4, 0.5) is 10.8 Å². The number of nitro benzene ring substituents is 1. The number of nitrogens with one attached hydrogen (secondary N) is 1. The van der Waals surface area contributed by atoms with Crippen LogP contribution in [0.3, 0.4) is 0 Å². The standard InChI is InChI=1S/C19H20N4O4S/c1-3-9-27-18-15(23(24)25)10-13(11-16(18)26-4-2)12-20-22-19-21-14-7-5-6-8-17(14)28-19/h5-8,10-12H,3-4,9H2,1-2H3,(H,21,22)/b20-12-. The van der Waals surface area contributed by atoms with E-state index in [2.05, 4.69) is 15.5 Å². The summed E-state index contributed by atoms with van der Waals surface area (Å²) in [7, 11) is 0. The summed E-state index contributed by atoms with van der Waals surface area (Å²) in [5.41, 5.74) is 4.12. The maximum atomic E-state index is 11.5. The third kappa shape index (κ3) is 4.55. The number of thiazole rings is 1. The highest BCUT2D eigenvalue weighted by molar-refractivity contribution is 7.22. The van der Waals surface area contributed by atoms with E-state index in [0.29, 0.717) is 29.7 Å². The van der Waals surface area contributed by atoms with Gasteiger partial charge in [-0.15, -0.1) is 0 Å². The number of rotatable bonds is 9. The van der Waals surface area contributed by atoms with Gasteiger partial charge in [-0.1, -0.05) is 30.4 Å². The predicted octanol–water partition coefficient (Wildman–Crippen LogP) is 4.84. The molecule has 28 heavy (non-hydrogen) atoms. The molecular weight excluding hydrogens is 380 g/mol. The van der Waals surface area contributed by atoms with E-state index in [0.717, 1.165) is 16.6 Å². The Kier molecular flexibility index (Phi) is 6.38. The van der Waals surface area contributed by atoms with Gasteiger partial charge in [-0.2, -0.15) is 5.10 Å². The van der Waals surface area contributed by atoms with Gasteiger partial charge in [0.05, 0.1) is 34.6 Å². The van der Waals surface area contributed by atoms with E-state index in [4.69, 9.17) is 9.47 Å². The van der Waals surface area contributed by atoms with Gasteiger partial charge in [0.25, 0.3) is 0 Å². The van der Waals surface area contributed by atoms with Crippen molar-refractivity contribution in [3.63, 3.8) is 0 Å². The van der Waals surface area contributed by atoms with Crippen LogP contribution in [-0.2, 0) is 0 Å². The van der Waals surface area contributed by atoms with Crippen molar-refractivity contribution >= 4 is 38.6 Å². The Morgan fingerprint density at radius 2 is 2.11 bits per heavy atom. The van der Waals surface area contributed by atoms with Gasteiger partial charge in [0.15, 0.2) is 5.75 Å². The van der Waals surface area contributed by atoms with Gasteiger partial charge in [0.2, 0.25) is 10.9 Å². The topological polar surface area (TPSA) is 98.9 Å². The molecule has 8 nitrogen and oxygen atoms in total. The number of hydrogen-bond acceptors (Lipinski definition) is 8. The number of para-hydroxylation sites is 1. The van der Waals surface area contributed by atoms with Crippen molar-refractivity contribution in [3.8, 4) is 11.5 Å². The lowest BCUT2D eigenvalue weighted by atomic mass is 10.2. The second-order valence-electron chi connectivity index (χ2n) is 5.76. The molecule has 9 heteroatoms. The van der Waals surface area contributed by atoms with Crippen molar-refractivity contribution in [3.05, 3.63) is 52.1 Å². The van der Waals surface area contributed by atoms with Crippen LogP contribution >= 0.6 is 11.3 Å². The van der Waals surface area contributed by atoms with E-state index in [1.54, 1.807) is 6.07 Å². The van der Waals surface area contributed by atoms with Crippen molar-refractivity contribution in [2.75, 3.05) is 18.6 Å². The van der Waals surface area contributed by atoms with E-state index < -0.39 is 4.92 Å². The zero-order chi connectivity index (χ0) is 19.9. The largest absolute Gasteiger partial charge is 0.490 e. The highest BCUT2D eigenvalue weighted by Crippen LogP contribution is 2.38. The van der Waals surface area contributed by atoms with Gasteiger partial charge >= 0.3 is 5.69 Å². The molecule has 0 radical (unpaired) electrons. The molecule has 1 N–H and O–H groups in total. The summed E-state index contributed by atoms with van der Waals surface area (Å²) in [4.78, 5) is 15.4. The fourth-order valence-corrected chi connectivity index (χ4v) is 3.33. The van der Waals surface area contributed by atoms with Crippen LogP contribution in [0.2, 0.25) is 0 Å². The fourth-order valence-electron chi connectivity index (χ4n) is 2.51. The first-order valence-electron chi connectivity index (χ1n) is 8.85. The summed E-state index contributed by atoms with van der Waals surface area (Å²) in [6, 6.07) is 10.9. The first-order valence-corrected chi connectivity index (χ1v) is 9.66. The molecule has 0 saturated heterocycles. The molecule has 0 bridgehead atoms. The molecule has 0 fully saturated rings. The van der Waals surface area contributed by atoms with Crippen molar-refractivity contribution in [1.82, 2.24) is 4.98 Å². The van der Waals surface area contributed by atoms with E-state index in [1.165, 1.54) is 23.6 Å². The maximum absolute atomic E-state index is 11.5. The molecule has 2 aromatic carbocycles. The molecule has 0 saturated carbocycles. The molecule has 0 aliphatic rings. The number of hydrogen-bond donors (Lipinski definition) is 1. The van der Waals surface area contributed by atoms with E-state index in [1.807, 2.05) is 38.1 Å². The van der Waals surface area contributed by atoms with Gasteiger partial charge < -0.3 is 9.47 Å². The lowest BCUT2D eigenvalue weighted by Gasteiger charge is -2.12. The summed E-state index contributed by atoms with van der Waals surface area (Å²) in [5, 5.41) is 16.3. The molecule has 0 spiro atoms. The first-order chi connectivity index (χ1) is 13.6. The third-order valence-corrected chi connectivity index (χ3v) is 4.61. The average molecular weight is 400 g/mol. The summed E-state index contributed by atoms with van der Waals surface area (Å²) in [6.07, 6.45) is 2.23. The SMILES string of the molecule is CCCOc1c(OCC)cc(/C=N\Nc2nc3ccccc3s2)cc1[N+](=O)[O-]. The Balaban J connectivity index is 1.85. The third-order valence-electron chi connectivity index (χ3n) is 3.67. The zero-order valence-electron chi connectivity index (χ0n) is 15.5. The Hall–Kier alpha value is -3.20. The molecule has 0 amide bonds. The second-order valence-corrected chi connectivity index (χ2v) is 6.79. The number of fused-ring (bicyclic) bond motifs is 1. The van der Waals surface area contributed by atoms with Crippen LogP contribution in [0.15, 0.2) is 41.5 Å². The molecule has 3 rings (SSSR count). The number of hydrazone groups is 1. The minimum Gasteiger partial charge on any atom is -0.490 e. The average Bonchev–Trinajstić information content (AvgIpc) is 3.09. The Morgan fingerprint density at radius 3 is 2.82 bits per heavy atom. The molecule has 146 valence electrons. The minimum absolute atomic E-state index is 0.144. The van der Waals surface area contributed by atoms with Gasteiger partial charge in [-0.3, -0.25) is 15.5 Å². The van der Waals surface area contributed by atoms with Crippen LogP contribution in [0, 0.1) is 10.1 Å². The van der Waals surface area contributed by atoms with Gasteiger partial charge in [-0.05, 0) is 31.5 Å². The van der Waals surface area contributed by atoms with Crippen molar-refractivity contribution in [2.45, 2.75) is 20.3 Å². The number of aromatic nitrogens is 1. The number of anilines is 1. The summed E-state index contributed by atoms with van der Waals surface area (Å²) < 4.78 is 12.2. The molecule has 3 aromatic rings. The summed E-state index contributed by atoms with van der Waals surface area (Å²) in [6.45, 7) is 4.48.